The number of fused-ring (bicyclic) bond motifs is 1. The minimum atomic E-state index is -0.317. The number of carbonyl (C=O) groups excluding carboxylic acids is 1. The van der Waals surface area contributed by atoms with Gasteiger partial charge in [0.25, 0.3) is 11.5 Å². The van der Waals surface area contributed by atoms with Gasteiger partial charge in [-0.3, -0.25) is 14.6 Å². The van der Waals surface area contributed by atoms with Gasteiger partial charge in [-0.1, -0.05) is 12.1 Å². The first-order chi connectivity index (χ1) is 16.4. The van der Waals surface area contributed by atoms with Crippen LogP contribution in [-0.4, -0.2) is 36.9 Å². The summed E-state index contributed by atoms with van der Waals surface area (Å²) in [4.78, 5) is 39.7. The molecule has 3 aromatic heterocycles. The second-order valence-corrected chi connectivity index (χ2v) is 8.64. The van der Waals surface area contributed by atoms with Gasteiger partial charge in [-0.05, 0) is 60.4 Å². The molecular formula is C26H24FN5O2. The highest BCUT2D eigenvalue weighted by molar-refractivity contribution is 5.90. The van der Waals surface area contributed by atoms with Crippen LogP contribution < -0.4 is 5.56 Å². The molecule has 5 rings (SSSR count). The highest BCUT2D eigenvalue weighted by Gasteiger charge is 2.27. The summed E-state index contributed by atoms with van der Waals surface area (Å²) in [5, 5.41) is 0. The molecule has 1 aliphatic heterocycles. The quantitative estimate of drug-likeness (QED) is 0.507. The van der Waals surface area contributed by atoms with Crippen molar-refractivity contribution in [2.75, 3.05) is 6.54 Å². The van der Waals surface area contributed by atoms with Crippen molar-refractivity contribution in [1.82, 2.24) is 24.4 Å². The summed E-state index contributed by atoms with van der Waals surface area (Å²) < 4.78 is 15.7. The maximum atomic E-state index is 13.9. The van der Waals surface area contributed by atoms with Crippen LogP contribution in [-0.2, 0) is 19.5 Å². The van der Waals surface area contributed by atoms with E-state index in [1.54, 1.807) is 47.1 Å². The Morgan fingerprint density at radius 2 is 2.03 bits per heavy atom. The van der Waals surface area contributed by atoms with Crippen LogP contribution in [0.2, 0.25) is 0 Å². The monoisotopic (exact) mass is 457 g/mol. The van der Waals surface area contributed by atoms with Crippen molar-refractivity contribution in [1.29, 1.82) is 0 Å². The maximum absolute atomic E-state index is 13.9. The van der Waals surface area contributed by atoms with E-state index in [1.807, 2.05) is 25.1 Å². The number of amides is 1. The number of carbonyl (C=O) groups is 1. The van der Waals surface area contributed by atoms with Gasteiger partial charge in [0.2, 0.25) is 0 Å². The summed E-state index contributed by atoms with van der Waals surface area (Å²) in [5.41, 5.74) is 4.97. The number of hydrogen-bond donors (Lipinski definition) is 1. The van der Waals surface area contributed by atoms with Crippen molar-refractivity contribution in [2.45, 2.75) is 33.4 Å². The van der Waals surface area contributed by atoms with Crippen LogP contribution in [0.1, 0.15) is 38.7 Å². The molecule has 0 bridgehead atoms. The van der Waals surface area contributed by atoms with Gasteiger partial charge in [-0.2, -0.15) is 0 Å². The summed E-state index contributed by atoms with van der Waals surface area (Å²) in [6.45, 7) is 4.73. The molecule has 0 atom stereocenters. The first-order valence-electron chi connectivity index (χ1n) is 11.1. The lowest BCUT2D eigenvalue weighted by Crippen LogP contribution is -2.40. The third-order valence-corrected chi connectivity index (χ3v) is 6.20. The summed E-state index contributed by atoms with van der Waals surface area (Å²) >= 11 is 0. The number of hydrogen-bond acceptors (Lipinski definition) is 4. The molecule has 1 aromatic carbocycles. The second-order valence-electron chi connectivity index (χ2n) is 8.64. The predicted molar refractivity (Wildman–Crippen MR) is 126 cm³/mol. The number of halogens is 1. The zero-order valence-corrected chi connectivity index (χ0v) is 19.0. The summed E-state index contributed by atoms with van der Waals surface area (Å²) in [7, 11) is 0. The van der Waals surface area contributed by atoms with E-state index in [0.717, 1.165) is 22.5 Å². The molecule has 0 spiro atoms. The van der Waals surface area contributed by atoms with E-state index in [0.29, 0.717) is 48.6 Å². The van der Waals surface area contributed by atoms with Crippen molar-refractivity contribution in [3.05, 3.63) is 105 Å². The third-order valence-electron chi connectivity index (χ3n) is 6.20. The lowest BCUT2D eigenvalue weighted by molar-refractivity contribution is 0.0720. The number of pyridine rings is 2. The molecular weight excluding hydrogens is 433 g/mol. The lowest BCUT2D eigenvalue weighted by Gasteiger charge is -2.30. The Bertz CT molecular complexity index is 1440. The first kappa shape index (κ1) is 21.8. The largest absolute Gasteiger partial charge is 0.338 e. The molecule has 0 saturated heterocycles. The van der Waals surface area contributed by atoms with Crippen LogP contribution in [0.5, 0.6) is 0 Å². The molecule has 4 aromatic rings. The molecule has 0 aliphatic carbocycles. The molecule has 0 unspecified atom stereocenters. The van der Waals surface area contributed by atoms with Crippen LogP contribution in [0.3, 0.4) is 0 Å². The smallest absolute Gasteiger partial charge is 0.289 e. The van der Waals surface area contributed by atoms with Gasteiger partial charge >= 0.3 is 0 Å². The first-order valence-corrected chi connectivity index (χ1v) is 11.1. The zero-order valence-electron chi connectivity index (χ0n) is 19.0. The lowest BCUT2D eigenvalue weighted by atomic mass is 9.97. The van der Waals surface area contributed by atoms with Crippen molar-refractivity contribution in [3.63, 3.8) is 0 Å². The van der Waals surface area contributed by atoms with Crippen molar-refractivity contribution >= 4 is 5.91 Å². The Kier molecular flexibility index (Phi) is 5.57. The van der Waals surface area contributed by atoms with E-state index in [1.165, 1.54) is 6.07 Å². The highest BCUT2D eigenvalue weighted by Crippen LogP contribution is 2.26. The van der Waals surface area contributed by atoms with E-state index in [-0.39, 0.29) is 17.3 Å². The number of H-pyrrole nitrogens is 1. The van der Waals surface area contributed by atoms with E-state index in [2.05, 4.69) is 15.0 Å². The number of rotatable bonds is 4. The zero-order chi connectivity index (χ0) is 23.8. The Morgan fingerprint density at radius 3 is 2.74 bits per heavy atom. The summed E-state index contributed by atoms with van der Waals surface area (Å²) in [6.07, 6.45) is 5.61. The van der Waals surface area contributed by atoms with Gasteiger partial charge in [0.1, 0.15) is 5.82 Å². The molecule has 8 heteroatoms. The Labute approximate surface area is 195 Å². The van der Waals surface area contributed by atoms with Gasteiger partial charge in [0, 0.05) is 55.1 Å². The van der Waals surface area contributed by atoms with Crippen LogP contribution >= 0.6 is 0 Å². The highest BCUT2D eigenvalue weighted by atomic mass is 19.1. The molecule has 1 N–H and O–H groups in total. The number of imidazole rings is 1. The second kappa shape index (κ2) is 8.70. The van der Waals surface area contributed by atoms with Crippen LogP contribution in [0.25, 0.3) is 11.1 Å². The van der Waals surface area contributed by atoms with E-state index >= 15 is 0 Å². The molecule has 0 radical (unpaired) electrons. The molecule has 172 valence electrons. The van der Waals surface area contributed by atoms with Crippen molar-refractivity contribution in [2.24, 2.45) is 0 Å². The molecule has 34 heavy (non-hydrogen) atoms. The van der Waals surface area contributed by atoms with Gasteiger partial charge < -0.3 is 14.5 Å². The number of aromatic amines is 1. The number of nitrogens with zero attached hydrogens (tertiary/aromatic N) is 4. The summed E-state index contributed by atoms with van der Waals surface area (Å²) in [6, 6.07) is 10.3. The van der Waals surface area contributed by atoms with Crippen LogP contribution in [0, 0.1) is 19.7 Å². The molecule has 7 nitrogen and oxygen atoms in total. The van der Waals surface area contributed by atoms with E-state index < -0.39 is 0 Å². The number of aromatic nitrogens is 4. The predicted octanol–water partition coefficient (Wildman–Crippen LogP) is 3.64. The fourth-order valence-corrected chi connectivity index (χ4v) is 4.42. The minimum absolute atomic E-state index is 0.143. The van der Waals surface area contributed by atoms with Gasteiger partial charge in [-0.15, -0.1) is 0 Å². The topological polar surface area (TPSA) is 83.9 Å². The summed E-state index contributed by atoms with van der Waals surface area (Å²) in [5.74, 6) is -0.190. The molecule has 1 aliphatic rings. The van der Waals surface area contributed by atoms with Gasteiger partial charge in [0.05, 0.1) is 6.54 Å². The maximum Gasteiger partial charge on any atom is 0.289 e. The number of nitrogens with one attached hydrogen (secondary N) is 1. The number of aryl methyl sites for hydroxylation is 2. The SMILES string of the molecule is Cc1cnc(C(=O)N2CCc3c(cc(-c4ccc(F)c(C)c4)c(=O)n3Cc3cccnc3)C2)[nH]1. The average molecular weight is 458 g/mol. The van der Waals surface area contributed by atoms with Crippen LogP contribution in [0.15, 0.2) is 59.8 Å². The third kappa shape index (κ3) is 4.03. The van der Waals surface area contributed by atoms with Crippen LogP contribution in [0.4, 0.5) is 4.39 Å². The Morgan fingerprint density at radius 1 is 1.18 bits per heavy atom. The average Bonchev–Trinajstić information content (AvgIpc) is 3.28. The minimum Gasteiger partial charge on any atom is -0.338 e. The van der Waals surface area contributed by atoms with Crippen molar-refractivity contribution < 1.29 is 9.18 Å². The fraction of sp³-hybridized carbons (Fsp3) is 0.231. The Balaban J connectivity index is 1.60. The normalized spacial score (nSPS) is 13.1. The van der Waals surface area contributed by atoms with E-state index in [9.17, 15) is 14.0 Å². The number of benzene rings is 1. The fourth-order valence-electron chi connectivity index (χ4n) is 4.42. The molecule has 4 heterocycles. The van der Waals surface area contributed by atoms with Crippen molar-refractivity contribution in [3.8, 4) is 11.1 Å². The van der Waals surface area contributed by atoms with Gasteiger partial charge in [0.15, 0.2) is 5.82 Å². The van der Waals surface area contributed by atoms with Gasteiger partial charge in [-0.25, -0.2) is 9.37 Å². The molecule has 0 fully saturated rings. The molecule has 1 amide bonds. The van der Waals surface area contributed by atoms with E-state index in [4.69, 9.17) is 0 Å². The Hall–Kier alpha value is -4.07. The molecule has 0 saturated carbocycles. The standard InChI is InChI=1S/C26H24FN5O2/c1-16-10-19(5-6-22(16)27)21-11-20-15-31(26(34)24-29-12-17(2)30-24)9-7-23(20)32(25(21)33)14-18-4-3-8-28-13-18/h3-6,8,10-13H,7,9,14-15H2,1-2H3,(H,29,30).